The molecule has 8 nitrogen and oxygen atoms in total. The molecule has 1 saturated heterocycles. The lowest BCUT2D eigenvalue weighted by molar-refractivity contribution is -0.201. The van der Waals surface area contributed by atoms with E-state index >= 15 is 0 Å². The van der Waals surface area contributed by atoms with Gasteiger partial charge in [0.1, 0.15) is 12.7 Å². The summed E-state index contributed by atoms with van der Waals surface area (Å²) in [6.45, 7) is 5.14. The first-order valence-electron chi connectivity index (χ1n) is 10.5. The number of hydroxylamine groups is 2. The minimum absolute atomic E-state index is 0.0160. The summed E-state index contributed by atoms with van der Waals surface area (Å²) < 4.78 is 15.7. The molecule has 1 amide bonds. The Morgan fingerprint density at radius 2 is 1.53 bits per heavy atom. The van der Waals surface area contributed by atoms with Crippen molar-refractivity contribution in [2.45, 2.75) is 45.4 Å². The first-order valence-corrected chi connectivity index (χ1v) is 10.5. The number of carbonyl (C=O) groups is 3. The zero-order chi connectivity index (χ0) is 23.1. The fourth-order valence-corrected chi connectivity index (χ4v) is 3.46. The lowest BCUT2D eigenvalue weighted by Gasteiger charge is -2.30. The van der Waals surface area contributed by atoms with E-state index in [1.807, 2.05) is 49.4 Å². The quantitative estimate of drug-likeness (QED) is 0.366. The Labute approximate surface area is 187 Å². The molecule has 3 rings (SSSR count). The third kappa shape index (κ3) is 4.75. The van der Waals surface area contributed by atoms with E-state index in [0.717, 1.165) is 11.1 Å². The number of rotatable bonds is 7. The van der Waals surface area contributed by atoms with Crippen molar-refractivity contribution in [1.29, 1.82) is 0 Å². The molecule has 8 heteroatoms. The van der Waals surface area contributed by atoms with Gasteiger partial charge in [0.15, 0.2) is 0 Å². The van der Waals surface area contributed by atoms with Crippen molar-refractivity contribution in [3.63, 3.8) is 0 Å². The fraction of sp³-hybridized carbons (Fsp3) is 0.375. The molecule has 0 saturated carbocycles. The van der Waals surface area contributed by atoms with E-state index in [0.29, 0.717) is 10.6 Å². The molecule has 0 aliphatic carbocycles. The molecule has 0 spiro atoms. The van der Waals surface area contributed by atoms with Crippen LogP contribution < -0.4 is 0 Å². The lowest BCUT2D eigenvalue weighted by Crippen LogP contribution is -2.59. The molecule has 2 aromatic carbocycles. The summed E-state index contributed by atoms with van der Waals surface area (Å²) in [6, 6.07) is 16.4. The molecule has 0 N–H and O–H groups in total. The summed E-state index contributed by atoms with van der Waals surface area (Å²) in [6.07, 6.45) is -1.90. The van der Waals surface area contributed by atoms with E-state index in [1.165, 1.54) is 0 Å². The SMILES string of the molecule is CCOC(=O)C1(C(=O)OCC)CC(c2ccc(C)cc2)ON1C(=O)OCc1ccccc1. The summed E-state index contributed by atoms with van der Waals surface area (Å²) in [5.74, 6) is -1.85. The zero-order valence-electron chi connectivity index (χ0n) is 18.4. The van der Waals surface area contributed by atoms with Gasteiger partial charge < -0.3 is 14.2 Å². The summed E-state index contributed by atoms with van der Waals surface area (Å²) in [5, 5.41) is 0.677. The maximum Gasteiger partial charge on any atom is 0.435 e. The van der Waals surface area contributed by atoms with Crippen LogP contribution in [-0.2, 0) is 35.2 Å². The van der Waals surface area contributed by atoms with Crippen molar-refractivity contribution in [2.24, 2.45) is 0 Å². The highest BCUT2D eigenvalue weighted by Gasteiger charge is 2.64. The van der Waals surface area contributed by atoms with Gasteiger partial charge in [-0.1, -0.05) is 60.2 Å². The Kier molecular flexibility index (Phi) is 7.48. The largest absolute Gasteiger partial charge is 0.464 e. The zero-order valence-corrected chi connectivity index (χ0v) is 18.4. The van der Waals surface area contributed by atoms with E-state index in [1.54, 1.807) is 26.0 Å². The molecule has 1 atom stereocenters. The Morgan fingerprint density at radius 3 is 2.09 bits per heavy atom. The van der Waals surface area contributed by atoms with Gasteiger partial charge in [-0.25, -0.2) is 14.4 Å². The number of hydrogen-bond acceptors (Lipinski definition) is 7. The third-order valence-electron chi connectivity index (χ3n) is 5.11. The number of amides is 1. The second kappa shape index (κ2) is 10.3. The van der Waals surface area contributed by atoms with Crippen molar-refractivity contribution >= 4 is 18.0 Å². The predicted molar refractivity (Wildman–Crippen MR) is 114 cm³/mol. The molecular formula is C24H27NO7. The maximum absolute atomic E-state index is 13.1. The van der Waals surface area contributed by atoms with Gasteiger partial charge in [-0.15, -0.1) is 0 Å². The predicted octanol–water partition coefficient (Wildman–Crippen LogP) is 3.88. The number of benzene rings is 2. The number of aryl methyl sites for hydroxylation is 1. The van der Waals surface area contributed by atoms with Crippen LogP contribution in [0.5, 0.6) is 0 Å². The van der Waals surface area contributed by atoms with Crippen LogP contribution in [-0.4, -0.2) is 41.8 Å². The van der Waals surface area contributed by atoms with Crippen molar-refractivity contribution in [3.05, 3.63) is 71.3 Å². The second-order valence-corrected chi connectivity index (χ2v) is 7.34. The fourth-order valence-electron chi connectivity index (χ4n) is 3.46. The van der Waals surface area contributed by atoms with Crippen LogP contribution in [0.3, 0.4) is 0 Å². The summed E-state index contributed by atoms with van der Waals surface area (Å²) in [7, 11) is 0. The molecular weight excluding hydrogens is 414 g/mol. The van der Waals surface area contributed by atoms with Gasteiger partial charge in [0.05, 0.1) is 13.2 Å². The summed E-state index contributed by atoms with van der Waals surface area (Å²) in [4.78, 5) is 45.0. The van der Waals surface area contributed by atoms with Gasteiger partial charge in [-0.05, 0) is 31.9 Å². The average Bonchev–Trinajstić information content (AvgIpc) is 3.21. The van der Waals surface area contributed by atoms with Crippen LogP contribution in [0.2, 0.25) is 0 Å². The average molecular weight is 441 g/mol. The Balaban J connectivity index is 1.95. The van der Waals surface area contributed by atoms with Crippen LogP contribution >= 0.6 is 0 Å². The normalized spacial score (nSPS) is 17.0. The van der Waals surface area contributed by atoms with E-state index in [9.17, 15) is 14.4 Å². The van der Waals surface area contributed by atoms with Crippen LogP contribution in [0.25, 0.3) is 0 Å². The molecule has 1 fully saturated rings. The number of hydrogen-bond donors (Lipinski definition) is 0. The number of ether oxygens (including phenoxy) is 3. The van der Waals surface area contributed by atoms with Crippen molar-refractivity contribution in [3.8, 4) is 0 Å². The molecule has 2 aromatic rings. The molecule has 1 aliphatic heterocycles. The first kappa shape index (κ1) is 23.3. The standard InChI is InChI=1S/C24H27NO7/c1-4-29-21(26)24(22(27)30-5-2)15-20(19-13-11-17(3)12-14-19)32-25(24)23(28)31-16-18-9-7-6-8-10-18/h6-14,20H,4-5,15-16H2,1-3H3. The smallest absolute Gasteiger partial charge is 0.435 e. The Morgan fingerprint density at radius 1 is 0.938 bits per heavy atom. The number of nitrogens with zero attached hydrogens (tertiary/aromatic N) is 1. The maximum atomic E-state index is 13.1. The minimum atomic E-state index is -2.12. The van der Waals surface area contributed by atoms with E-state index < -0.39 is 29.7 Å². The number of esters is 2. The Bertz CT molecular complexity index is 925. The van der Waals surface area contributed by atoms with Gasteiger partial charge in [-0.3, -0.25) is 4.84 Å². The van der Waals surface area contributed by atoms with Crippen LogP contribution in [0.1, 0.15) is 43.1 Å². The molecule has 170 valence electrons. The first-order chi connectivity index (χ1) is 15.4. The number of carbonyl (C=O) groups excluding carboxylic acids is 3. The molecule has 0 radical (unpaired) electrons. The molecule has 1 aliphatic rings. The van der Waals surface area contributed by atoms with Crippen LogP contribution in [0, 0.1) is 6.92 Å². The van der Waals surface area contributed by atoms with Gasteiger partial charge >= 0.3 is 18.0 Å². The highest BCUT2D eigenvalue weighted by atomic mass is 16.8. The molecule has 32 heavy (non-hydrogen) atoms. The molecule has 1 heterocycles. The lowest BCUT2D eigenvalue weighted by atomic mass is 9.90. The monoisotopic (exact) mass is 441 g/mol. The molecule has 0 bridgehead atoms. The van der Waals surface area contributed by atoms with Crippen LogP contribution in [0.15, 0.2) is 54.6 Å². The van der Waals surface area contributed by atoms with Gasteiger partial charge in [0.2, 0.25) is 0 Å². The van der Waals surface area contributed by atoms with Crippen LogP contribution in [0.4, 0.5) is 4.79 Å². The van der Waals surface area contributed by atoms with Gasteiger partial charge in [0, 0.05) is 6.42 Å². The van der Waals surface area contributed by atoms with Crippen molar-refractivity contribution in [2.75, 3.05) is 13.2 Å². The summed E-state index contributed by atoms with van der Waals surface area (Å²) >= 11 is 0. The highest BCUT2D eigenvalue weighted by molar-refractivity contribution is 6.07. The van der Waals surface area contributed by atoms with E-state index in [4.69, 9.17) is 19.0 Å². The van der Waals surface area contributed by atoms with E-state index in [2.05, 4.69) is 0 Å². The minimum Gasteiger partial charge on any atom is -0.464 e. The van der Waals surface area contributed by atoms with Crippen molar-refractivity contribution in [1.82, 2.24) is 5.06 Å². The van der Waals surface area contributed by atoms with Gasteiger partial charge in [-0.2, -0.15) is 5.06 Å². The third-order valence-corrected chi connectivity index (χ3v) is 5.11. The summed E-state index contributed by atoms with van der Waals surface area (Å²) in [5.41, 5.74) is 0.364. The van der Waals surface area contributed by atoms with Gasteiger partial charge in [0.25, 0.3) is 5.54 Å². The Hall–Kier alpha value is -3.39. The topological polar surface area (TPSA) is 91.4 Å². The molecule has 0 aromatic heterocycles. The molecule has 1 unspecified atom stereocenters. The van der Waals surface area contributed by atoms with E-state index in [-0.39, 0.29) is 26.2 Å². The van der Waals surface area contributed by atoms with Crippen molar-refractivity contribution < 1.29 is 33.4 Å². The highest BCUT2D eigenvalue weighted by Crippen LogP contribution is 2.42. The second-order valence-electron chi connectivity index (χ2n) is 7.34.